The van der Waals surface area contributed by atoms with E-state index in [1.54, 1.807) is 7.11 Å². The van der Waals surface area contributed by atoms with Gasteiger partial charge in [-0.3, -0.25) is 4.90 Å². The molecule has 1 aliphatic heterocycles. The number of nitrogens with zero attached hydrogens (tertiary/aromatic N) is 4. The lowest BCUT2D eigenvalue weighted by Gasteiger charge is -2.32. The quantitative estimate of drug-likeness (QED) is 0.535. The van der Waals surface area contributed by atoms with Crippen LogP contribution < -0.4 is 4.74 Å². The van der Waals surface area contributed by atoms with Crippen LogP contribution in [0.25, 0.3) is 33.7 Å². The Balaban J connectivity index is 1.39. The van der Waals surface area contributed by atoms with Crippen LogP contribution in [0.2, 0.25) is 0 Å². The molecule has 158 valence electrons. The maximum absolute atomic E-state index is 5.28. The van der Waals surface area contributed by atoms with Crippen molar-refractivity contribution in [1.82, 2.24) is 24.8 Å². The fourth-order valence-corrected chi connectivity index (χ4v) is 4.08. The lowest BCUT2D eigenvalue weighted by molar-refractivity contribution is 0.148. The first-order valence-electron chi connectivity index (χ1n) is 10.7. The number of piperazine rings is 1. The number of rotatable bonds is 5. The molecule has 2 aromatic carbocycles. The van der Waals surface area contributed by atoms with Gasteiger partial charge in [-0.25, -0.2) is 9.97 Å². The molecule has 2 aromatic heterocycles. The molecule has 1 N–H and O–H groups in total. The Morgan fingerprint density at radius 1 is 0.903 bits per heavy atom. The molecule has 0 spiro atoms. The maximum Gasteiger partial charge on any atom is 0.158 e. The van der Waals surface area contributed by atoms with Gasteiger partial charge in [-0.2, -0.15) is 0 Å². The van der Waals surface area contributed by atoms with Crippen LogP contribution in [0.15, 0.2) is 60.8 Å². The summed E-state index contributed by atoms with van der Waals surface area (Å²) in [5.74, 6) is 1.68. The summed E-state index contributed by atoms with van der Waals surface area (Å²) in [6, 6.07) is 18.8. The number of ether oxygens (including phenoxy) is 1. The van der Waals surface area contributed by atoms with E-state index in [1.807, 2.05) is 24.4 Å². The number of fused-ring (bicyclic) bond motifs is 1. The molecular weight excluding hydrogens is 386 g/mol. The Kier molecular flexibility index (Phi) is 5.40. The highest BCUT2D eigenvalue weighted by molar-refractivity contribution is 5.91. The van der Waals surface area contributed by atoms with E-state index in [-0.39, 0.29) is 0 Å². The van der Waals surface area contributed by atoms with Gasteiger partial charge < -0.3 is 14.6 Å². The van der Waals surface area contributed by atoms with E-state index in [0.717, 1.165) is 72.2 Å². The van der Waals surface area contributed by atoms with Gasteiger partial charge in [0.15, 0.2) is 5.65 Å². The van der Waals surface area contributed by atoms with Gasteiger partial charge in [-0.15, -0.1) is 0 Å². The van der Waals surface area contributed by atoms with Crippen LogP contribution in [0.1, 0.15) is 5.56 Å². The number of aromatic amines is 1. The molecule has 0 atom stereocenters. The van der Waals surface area contributed by atoms with Crippen molar-refractivity contribution in [3.63, 3.8) is 0 Å². The van der Waals surface area contributed by atoms with Crippen LogP contribution in [0.3, 0.4) is 0 Å². The predicted octanol–water partition coefficient (Wildman–Crippen LogP) is 4.05. The molecule has 4 aromatic rings. The smallest absolute Gasteiger partial charge is 0.158 e. The number of methoxy groups -OCH3 is 1. The third-order valence-corrected chi connectivity index (χ3v) is 6.02. The molecule has 1 aliphatic rings. The molecule has 0 radical (unpaired) electrons. The van der Waals surface area contributed by atoms with E-state index in [1.165, 1.54) is 5.56 Å². The maximum atomic E-state index is 5.28. The Morgan fingerprint density at radius 2 is 1.61 bits per heavy atom. The highest BCUT2D eigenvalue weighted by atomic mass is 16.5. The van der Waals surface area contributed by atoms with E-state index < -0.39 is 0 Å². The zero-order valence-electron chi connectivity index (χ0n) is 18.0. The van der Waals surface area contributed by atoms with Gasteiger partial charge in [-0.05, 0) is 36.4 Å². The zero-order valence-corrected chi connectivity index (χ0v) is 18.0. The Hall–Kier alpha value is -3.22. The van der Waals surface area contributed by atoms with Crippen LogP contribution in [0.5, 0.6) is 5.75 Å². The van der Waals surface area contributed by atoms with Crippen molar-refractivity contribution in [3.05, 3.63) is 66.4 Å². The van der Waals surface area contributed by atoms with Crippen molar-refractivity contribution in [3.8, 4) is 28.3 Å². The number of hydrogen-bond donors (Lipinski definition) is 1. The number of imidazole rings is 1. The molecule has 6 heteroatoms. The van der Waals surface area contributed by atoms with Gasteiger partial charge >= 0.3 is 0 Å². The second kappa shape index (κ2) is 8.49. The Labute approximate surface area is 182 Å². The van der Waals surface area contributed by atoms with Gasteiger partial charge in [0.05, 0.1) is 7.11 Å². The summed E-state index contributed by atoms with van der Waals surface area (Å²) in [6.07, 6.45) is 1.82. The summed E-state index contributed by atoms with van der Waals surface area (Å²) in [7, 11) is 3.87. The monoisotopic (exact) mass is 413 g/mol. The molecule has 0 amide bonds. The fraction of sp³-hybridized carbons (Fsp3) is 0.280. The van der Waals surface area contributed by atoms with Gasteiger partial charge in [0.1, 0.15) is 17.1 Å². The van der Waals surface area contributed by atoms with Gasteiger partial charge in [0.2, 0.25) is 0 Å². The van der Waals surface area contributed by atoms with Gasteiger partial charge in [0, 0.05) is 50.0 Å². The van der Waals surface area contributed by atoms with Gasteiger partial charge in [-0.1, -0.05) is 36.4 Å². The second-order valence-electron chi connectivity index (χ2n) is 8.15. The molecule has 0 saturated carbocycles. The van der Waals surface area contributed by atoms with Crippen molar-refractivity contribution >= 4 is 11.2 Å². The highest BCUT2D eigenvalue weighted by Gasteiger charge is 2.15. The Bertz CT molecular complexity index is 1160. The average Bonchev–Trinajstić information content (AvgIpc) is 3.26. The van der Waals surface area contributed by atoms with Gasteiger partial charge in [0.25, 0.3) is 0 Å². The number of benzene rings is 2. The van der Waals surface area contributed by atoms with Crippen LogP contribution in [0, 0.1) is 0 Å². The fourth-order valence-electron chi connectivity index (χ4n) is 4.08. The van der Waals surface area contributed by atoms with E-state index in [4.69, 9.17) is 9.72 Å². The summed E-state index contributed by atoms with van der Waals surface area (Å²) in [6.45, 7) is 5.53. The Morgan fingerprint density at radius 3 is 2.32 bits per heavy atom. The molecule has 31 heavy (non-hydrogen) atoms. The van der Waals surface area contributed by atoms with Crippen molar-refractivity contribution in [2.75, 3.05) is 40.3 Å². The van der Waals surface area contributed by atoms with E-state index in [9.17, 15) is 0 Å². The van der Waals surface area contributed by atoms with Crippen LogP contribution in [-0.2, 0) is 6.54 Å². The molecule has 1 saturated heterocycles. The summed E-state index contributed by atoms with van der Waals surface area (Å²) in [5.41, 5.74) is 6.23. The highest BCUT2D eigenvalue weighted by Crippen LogP contribution is 2.29. The molecule has 3 heterocycles. The molecule has 0 aliphatic carbocycles. The summed E-state index contributed by atoms with van der Waals surface area (Å²) >= 11 is 0. The van der Waals surface area contributed by atoms with Crippen molar-refractivity contribution in [2.24, 2.45) is 0 Å². The molecule has 0 bridgehead atoms. The molecule has 5 rings (SSSR count). The third kappa shape index (κ3) is 4.17. The average molecular weight is 414 g/mol. The second-order valence-corrected chi connectivity index (χ2v) is 8.15. The summed E-state index contributed by atoms with van der Waals surface area (Å²) < 4.78 is 5.28. The number of nitrogens with one attached hydrogen (secondary N) is 1. The number of H-pyrrole nitrogens is 1. The number of pyridine rings is 1. The summed E-state index contributed by atoms with van der Waals surface area (Å²) in [5, 5.41) is 0. The first-order valence-corrected chi connectivity index (χ1v) is 10.7. The standard InChI is InChI=1S/C25H27N5O/c1-29-13-15-30(16-14-29)17-18-3-5-20(6-4-18)24-27-23-22(11-12-26-25(23)28-24)19-7-9-21(31-2)10-8-19/h3-12H,13-17H2,1-2H3,(H,26,27,28). The molecule has 6 nitrogen and oxygen atoms in total. The lowest BCUT2D eigenvalue weighted by Crippen LogP contribution is -2.43. The SMILES string of the molecule is COc1ccc(-c2ccnc3[nH]c(-c4ccc(CN5CCN(C)CC5)cc4)nc23)cc1. The predicted molar refractivity (Wildman–Crippen MR) is 124 cm³/mol. The van der Waals surface area contributed by atoms with Crippen LogP contribution in [-0.4, -0.2) is 65.1 Å². The zero-order chi connectivity index (χ0) is 21.2. The summed E-state index contributed by atoms with van der Waals surface area (Å²) in [4.78, 5) is 17.7. The normalized spacial score (nSPS) is 15.4. The molecule has 0 unspecified atom stereocenters. The number of likely N-dealkylation sites (N-methyl/N-ethyl adjacent to an activating group) is 1. The number of hydrogen-bond acceptors (Lipinski definition) is 5. The van der Waals surface area contributed by atoms with Crippen LogP contribution in [0.4, 0.5) is 0 Å². The minimum Gasteiger partial charge on any atom is -0.497 e. The molecular formula is C25H27N5O. The van der Waals surface area contributed by atoms with Crippen LogP contribution >= 0.6 is 0 Å². The third-order valence-electron chi connectivity index (χ3n) is 6.02. The van der Waals surface area contributed by atoms with E-state index >= 15 is 0 Å². The number of aromatic nitrogens is 3. The van der Waals surface area contributed by atoms with Crippen molar-refractivity contribution in [1.29, 1.82) is 0 Å². The lowest BCUT2D eigenvalue weighted by atomic mass is 10.1. The van der Waals surface area contributed by atoms with Crippen molar-refractivity contribution < 1.29 is 4.74 Å². The topological polar surface area (TPSA) is 57.3 Å². The largest absolute Gasteiger partial charge is 0.497 e. The van der Waals surface area contributed by atoms with Crippen molar-refractivity contribution in [2.45, 2.75) is 6.54 Å². The first kappa shape index (κ1) is 19.7. The first-order chi connectivity index (χ1) is 15.2. The molecule has 1 fully saturated rings. The minimum atomic E-state index is 0.796. The minimum absolute atomic E-state index is 0.796. The van der Waals surface area contributed by atoms with E-state index in [0.29, 0.717) is 0 Å². The van der Waals surface area contributed by atoms with E-state index in [2.05, 4.69) is 63.2 Å².